The van der Waals surface area contributed by atoms with Crippen LogP contribution >= 0.6 is 0 Å². The van der Waals surface area contributed by atoms with E-state index in [0.29, 0.717) is 23.6 Å². The molecule has 1 atom stereocenters. The van der Waals surface area contributed by atoms with Gasteiger partial charge in [-0.05, 0) is 29.7 Å². The van der Waals surface area contributed by atoms with E-state index in [1.165, 1.54) is 18.2 Å². The van der Waals surface area contributed by atoms with Crippen molar-refractivity contribution in [1.82, 2.24) is 15.0 Å². The number of aliphatic hydroxyl groups is 1. The van der Waals surface area contributed by atoms with E-state index in [-0.39, 0.29) is 30.3 Å². The number of anilines is 2. The summed E-state index contributed by atoms with van der Waals surface area (Å²) >= 11 is 0. The van der Waals surface area contributed by atoms with Crippen LogP contribution < -0.4 is 15.4 Å². The van der Waals surface area contributed by atoms with Gasteiger partial charge in [-0.15, -0.1) is 13.2 Å². The highest BCUT2D eigenvalue weighted by Gasteiger charge is 2.31. The van der Waals surface area contributed by atoms with Crippen LogP contribution in [0.3, 0.4) is 0 Å². The third kappa shape index (κ3) is 6.81. The van der Waals surface area contributed by atoms with Gasteiger partial charge < -0.3 is 20.5 Å². The molecule has 0 saturated heterocycles. The number of rotatable bonds is 9. The van der Waals surface area contributed by atoms with E-state index in [9.17, 15) is 18.3 Å². The van der Waals surface area contributed by atoms with Gasteiger partial charge in [0.1, 0.15) is 11.6 Å². The third-order valence-corrected chi connectivity index (χ3v) is 4.60. The molecule has 10 heteroatoms. The topological polar surface area (TPSA) is 92.2 Å². The first-order chi connectivity index (χ1) is 15.2. The number of nitrogens with zero attached hydrogens (tertiary/aromatic N) is 3. The largest absolute Gasteiger partial charge is 0.573 e. The Morgan fingerprint density at radius 3 is 2.56 bits per heavy atom. The van der Waals surface area contributed by atoms with Crippen molar-refractivity contribution in [2.75, 3.05) is 17.2 Å². The molecule has 170 valence electrons. The van der Waals surface area contributed by atoms with E-state index in [0.717, 1.165) is 5.56 Å². The van der Waals surface area contributed by atoms with Gasteiger partial charge in [0.15, 0.2) is 0 Å². The zero-order chi connectivity index (χ0) is 23.1. The zero-order valence-corrected chi connectivity index (χ0v) is 17.6. The van der Waals surface area contributed by atoms with Gasteiger partial charge in [-0.1, -0.05) is 32.0 Å². The number of benzene rings is 1. The number of halogens is 3. The van der Waals surface area contributed by atoms with Gasteiger partial charge in [0.05, 0.1) is 18.3 Å². The molecule has 3 aromatic rings. The van der Waals surface area contributed by atoms with Crippen molar-refractivity contribution in [2.24, 2.45) is 5.92 Å². The SMILES string of the molecule is CC(C)[C@@H](CO)Nc1nc(NCc2cccnc2)cc(-c2cccc(OC(F)(F)F)c2)n1. The van der Waals surface area contributed by atoms with Crippen molar-refractivity contribution in [3.8, 4) is 17.0 Å². The first-order valence-corrected chi connectivity index (χ1v) is 9.99. The van der Waals surface area contributed by atoms with E-state index in [1.807, 2.05) is 26.0 Å². The number of pyridine rings is 1. The zero-order valence-electron chi connectivity index (χ0n) is 17.6. The van der Waals surface area contributed by atoms with Gasteiger partial charge in [-0.3, -0.25) is 4.98 Å². The molecule has 2 heterocycles. The standard InChI is InChI=1S/C22H24F3N5O2/c1-14(2)19(13-31)29-21-28-18(16-6-3-7-17(9-16)32-22(23,24)25)10-20(30-21)27-12-15-5-4-8-26-11-15/h3-11,14,19,31H,12-13H2,1-2H3,(H2,27,28,29,30)/t19-/m1/s1. The molecule has 3 N–H and O–H groups in total. The second-order valence-corrected chi connectivity index (χ2v) is 7.43. The van der Waals surface area contributed by atoms with Crippen molar-refractivity contribution in [2.45, 2.75) is 32.8 Å². The highest BCUT2D eigenvalue weighted by atomic mass is 19.4. The normalized spacial score (nSPS) is 12.5. The molecule has 0 saturated carbocycles. The molecule has 1 aromatic carbocycles. The van der Waals surface area contributed by atoms with Crippen LogP contribution in [0.15, 0.2) is 54.9 Å². The maximum Gasteiger partial charge on any atom is 0.573 e. The molecule has 0 radical (unpaired) electrons. The molecule has 7 nitrogen and oxygen atoms in total. The van der Waals surface area contributed by atoms with Gasteiger partial charge in [0.25, 0.3) is 0 Å². The molecule has 2 aromatic heterocycles. The summed E-state index contributed by atoms with van der Waals surface area (Å²) in [6, 6.07) is 10.6. The molecule has 3 rings (SSSR count). The van der Waals surface area contributed by atoms with Gasteiger partial charge in [0, 0.05) is 30.6 Å². The molecule has 0 bridgehead atoms. The van der Waals surface area contributed by atoms with Crippen LogP contribution in [0, 0.1) is 5.92 Å². The summed E-state index contributed by atoms with van der Waals surface area (Å²) in [5, 5.41) is 15.9. The average molecular weight is 447 g/mol. The third-order valence-electron chi connectivity index (χ3n) is 4.60. The summed E-state index contributed by atoms with van der Waals surface area (Å²) in [5.41, 5.74) is 1.74. The van der Waals surface area contributed by atoms with E-state index < -0.39 is 6.36 Å². The van der Waals surface area contributed by atoms with Crippen molar-refractivity contribution >= 4 is 11.8 Å². The van der Waals surface area contributed by atoms with Crippen molar-refractivity contribution in [1.29, 1.82) is 0 Å². The molecular weight excluding hydrogens is 423 g/mol. The molecular formula is C22H24F3N5O2. The van der Waals surface area contributed by atoms with E-state index >= 15 is 0 Å². The highest BCUT2D eigenvalue weighted by molar-refractivity contribution is 5.66. The predicted octanol–water partition coefficient (Wildman–Crippen LogP) is 4.48. The lowest BCUT2D eigenvalue weighted by Gasteiger charge is -2.21. The fourth-order valence-corrected chi connectivity index (χ4v) is 2.89. The predicted molar refractivity (Wildman–Crippen MR) is 115 cm³/mol. The molecule has 0 spiro atoms. The number of hydrogen-bond acceptors (Lipinski definition) is 7. The van der Waals surface area contributed by atoms with Gasteiger partial charge in [0.2, 0.25) is 5.95 Å². The molecule has 0 aliphatic carbocycles. The maximum atomic E-state index is 12.6. The van der Waals surface area contributed by atoms with Crippen LogP contribution in [0.2, 0.25) is 0 Å². The van der Waals surface area contributed by atoms with Crippen LogP contribution in [-0.2, 0) is 6.54 Å². The smallest absolute Gasteiger partial charge is 0.406 e. The minimum Gasteiger partial charge on any atom is -0.406 e. The van der Waals surface area contributed by atoms with Crippen molar-refractivity contribution < 1.29 is 23.0 Å². The quantitative estimate of drug-likeness (QED) is 0.445. The van der Waals surface area contributed by atoms with Gasteiger partial charge in [-0.2, -0.15) is 4.98 Å². The highest BCUT2D eigenvalue weighted by Crippen LogP contribution is 2.29. The monoisotopic (exact) mass is 447 g/mol. The van der Waals surface area contributed by atoms with Crippen molar-refractivity contribution in [3.63, 3.8) is 0 Å². The fourth-order valence-electron chi connectivity index (χ4n) is 2.89. The summed E-state index contributed by atoms with van der Waals surface area (Å²) in [4.78, 5) is 13.0. The van der Waals surface area contributed by atoms with Gasteiger partial charge >= 0.3 is 6.36 Å². The van der Waals surface area contributed by atoms with E-state index in [1.54, 1.807) is 24.5 Å². The summed E-state index contributed by atoms with van der Waals surface area (Å²) in [6.45, 7) is 4.20. The second-order valence-electron chi connectivity index (χ2n) is 7.43. The Morgan fingerprint density at radius 1 is 1.09 bits per heavy atom. The Morgan fingerprint density at radius 2 is 1.91 bits per heavy atom. The minimum absolute atomic E-state index is 0.0996. The average Bonchev–Trinajstić information content (AvgIpc) is 2.75. The lowest BCUT2D eigenvalue weighted by Crippen LogP contribution is -2.30. The van der Waals surface area contributed by atoms with Crippen LogP contribution in [0.4, 0.5) is 24.9 Å². The Kier molecular flexibility index (Phi) is 7.47. The number of aliphatic hydroxyl groups excluding tert-OH is 1. The maximum absolute atomic E-state index is 12.6. The second kappa shape index (κ2) is 10.3. The summed E-state index contributed by atoms with van der Waals surface area (Å²) in [7, 11) is 0. The van der Waals surface area contributed by atoms with Crippen LogP contribution in [-0.4, -0.2) is 39.1 Å². The summed E-state index contributed by atoms with van der Waals surface area (Å²) in [5.74, 6) is 0.459. The molecule has 0 fully saturated rings. The first kappa shape index (κ1) is 23.3. The first-order valence-electron chi connectivity index (χ1n) is 9.99. The molecule has 32 heavy (non-hydrogen) atoms. The van der Waals surface area contributed by atoms with Crippen molar-refractivity contribution in [3.05, 3.63) is 60.4 Å². The Labute approximate surface area is 183 Å². The van der Waals surface area contributed by atoms with Crippen LogP contribution in [0.5, 0.6) is 5.75 Å². The Hall–Kier alpha value is -3.40. The van der Waals surface area contributed by atoms with Gasteiger partial charge in [-0.25, -0.2) is 4.98 Å². The van der Waals surface area contributed by atoms with Crippen LogP contribution in [0.25, 0.3) is 11.3 Å². The lowest BCUT2D eigenvalue weighted by atomic mass is 10.1. The molecule has 0 aliphatic heterocycles. The Balaban J connectivity index is 1.93. The molecule has 0 unspecified atom stereocenters. The number of alkyl halides is 3. The number of ether oxygens (including phenoxy) is 1. The lowest BCUT2D eigenvalue weighted by molar-refractivity contribution is -0.274. The number of hydrogen-bond donors (Lipinski definition) is 3. The number of nitrogens with one attached hydrogen (secondary N) is 2. The molecule has 0 amide bonds. The number of aromatic nitrogens is 3. The summed E-state index contributed by atoms with van der Waals surface area (Å²) < 4.78 is 41.9. The Bertz CT molecular complexity index is 1020. The fraction of sp³-hybridized carbons (Fsp3) is 0.318. The van der Waals surface area contributed by atoms with Crippen LogP contribution in [0.1, 0.15) is 19.4 Å². The van der Waals surface area contributed by atoms with E-state index in [4.69, 9.17) is 0 Å². The summed E-state index contributed by atoms with van der Waals surface area (Å²) in [6.07, 6.45) is -1.41. The molecule has 0 aliphatic rings. The minimum atomic E-state index is -4.79. The van der Waals surface area contributed by atoms with E-state index in [2.05, 4.69) is 30.3 Å².